The molecule has 0 bridgehead atoms. The molecule has 0 saturated carbocycles. The molecule has 118 valence electrons. The highest BCUT2D eigenvalue weighted by atomic mass is 16.5. The van der Waals surface area contributed by atoms with Crippen LogP contribution in [0.3, 0.4) is 0 Å². The normalized spacial score (nSPS) is 11.3. The summed E-state index contributed by atoms with van der Waals surface area (Å²) < 4.78 is 10.5. The summed E-state index contributed by atoms with van der Waals surface area (Å²) in [5, 5.41) is 18.4. The van der Waals surface area contributed by atoms with E-state index in [0.29, 0.717) is 17.9 Å². The van der Waals surface area contributed by atoms with Crippen LogP contribution in [0.25, 0.3) is 0 Å². The van der Waals surface area contributed by atoms with Crippen LogP contribution in [0, 0.1) is 11.3 Å². The molecule has 0 amide bonds. The highest BCUT2D eigenvalue weighted by molar-refractivity contribution is 5.87. The van der Waals surface area contributed by atoms with Gasteiger partial charge < -0.3 is 14.6 Å². The van der Waals surface area contributed by atoms with Gasteiger partial charge in [0.2, 0.25) is 0 Å². The van der Waals surface area contributed by atoms with E-state index in [1.165, 1.54) is 0 Å². The number of hydrogen-bond donors (Lipinski definition) is 1. The molecule has 23 heavy (non-hydrogen) atoms. The zero-order valence-corrected chi connectivity index (χ0v) is 12.9. The van der Waals surface area contributed by atoms with Gasteiger partial charge in [-0.15, -0.1) is 0 Å². The monoisotopic (exact) mass is 311 g/mol. The molecule has 0 aliphatic carbocycles. The lowest BCUT2D eigenvalue weighted by atomic mass is 9.92. The summed E-state index contributed by atoms with van der Waals surface area (Å²) in [6, 6.07) is 14.2. The molecular weight excluding hydrogens is 294 g/mol. The molecule has 0 radical (unpaired) electrons. The van der Waals surface area contributed by atoms with E-state index in [1.54, 1.807) is 50.6 Å². The van der Waals surface area contributed by atoms with E-state index in [-0.39, 0.29) is 11.5 Å². The van der Waals surface area contributed by atoms with Gasteiger partial charge in [-0.25, -0.2) is 4.79 Å². The minimum absolute atomic E-state index is 0.230. The van der Waals surface area contributed by atoms with Crippen LogP contribution in [0.2, 0.25) is 0 Å². The molecule has 0 aromatic heterocycles. The molecule has 0 aliphatic rings. The molecule has 0 aliphatic heterocycles. The van der Waals surface area contributed by atoms with Gasteiger partial charge in [0.25, 0.3) is 0 Å². The Morgan fingerprint density at radius 2 is 1.78 bits per heavy atom. The molecule has 5 nitrogen and oxygen atoms in total. The van der Waals surface area contributed by atoms with E-state index < -0.39 is 5.97 Å². The van der Waals surface area contributed by atoms with E-state index in [2.05, 4.69) is 6.07 Å². The maximum absolute atomic E-state index is 10.9. The third-order valence-corrected chi connectivity index (χ3v) is 3.61. The smallest absolute Gasteiger partial charge is 0.335 e. The van der Waals surface area contributed by atoms with E-state index in [9.17, 15) is 10.1 Å². The third kappa shape index (κ3) is 3.80. The molecule has 2 aromatic carbocycles. The number of aromatic carboxylic acids is 1. The Morgan fingerprint density at radius 1 is 1.13 bits per heavy atom. The Bertz CT molecular complexity index is 732. The van der Waals surface area contributed by atoms with Crippen LogP contribution >= 0.6 is 0 Å². The van der Waals surface area contributed by atoms with Crippen molar-refractivity contribution in [3.05, 3.63) is 59.2 Å². The summed E-state index contributed by atoms with van der Waals surface area (Å²) in [6.45, 7) is 0. The van der Waals surface area contributed by atoms with Gasteiger partial charge in [-0.3, -0.25) is 0 Å². The molecule has 5 heteroatoms. The van der Waals surface area contributed by atoms with Gasteiger partial charge in [0, 0.05) is 0 Å². The molecule has 0 fully saturated rings. The van der Waals surface area contributed by atoms with Gasteiger partial charge in [-0.1, -0.05) is 18.2 Å². The molecule has 2 rings (SSSR count). The van der Waals surface area contributed by atoms with Crippen LogP contribution in [-0.2, 0) is 6.42 Å². The number of rotatable bonds is 6. The first-order valence-corrected chi connectivity index (χ1v) is 7.02. The maximum Gasteiger partial charge on any atom is 0.335 e. The number of methoxy groups -OCH3 is 2. The van der Waals surface area contributed by atoms with Crippen molar-refractivity contribution >= 4 is 5.97 Å². The fourth-order valence-corrected chi connectivity index (χ4v) is 2.33. The Balaban J connectivity index is 2.23. The van der Waals surface area contributed by atoms with Crippen molar-refractivity contribution in [1.82, 2.24) is 0 Å². The molecule has 0 spiro atoms. The first-order chi connectivity index (χ1) is 11.1. The molecule has 1 N–H and O–H groups in total. The van der Waals surface area contributed by atoms with E-state index >= 15 is 0 Å². The zero-order valence-electron chi connectivity index (χ0n) is 12.9. The van der Waals surface area contributed by atoms with Gasteiger partial charge in [-0.05, 0) is 41.8 Å². The summed E-state index contributed by atoms with van der Waals surface area (Å²) in [5.41, 5.74) is 1.96. The minimum Gasteiger partial charge on any atom is -0.493 e. The molecular formula is C18H17NO4. The van der Waals surface area contributed by atoms with Gasteiger partial charge in [0.05, 0.1) is 31.8 Å². The van der Waals surface area contributed by atoms with Gasteiger partial charge >= 0.3 is 5.97 Å². The SMILES string of the molecule is COc1ccc(C(C#N)Cc2ccc(C(=O)O)cc2)cc1OC. The first kappa shape index (κ1) is 16.4. The lowest BCUT2D eigenvalue weighted by Crippen LogP contribution is -2.03. The average Bonchev–Trinajstić information content (AvgIpc) is 2.59. The lowest BCUT2D eigenvalue weighted by molar-refractivity contribution is 0.0697. The summed E-state index contributed by atoms with van der Waals surface area (Å²) in [5.74, 6) is -0.135. The summed E-state index contributed by atoms with van der Waals surface area (Å²) in [6.07, 6.45) is 0.492. The third-order valence-electron chi connectivity index (χ3n) is 3.61. The fourth-order valence-electron chi connectivity index (χ4n) is 2.33. The quantitative estimate of drug-likeness (QED) is 0.885. The topological polar surface area (TPSA) is 79.5 Å². The van der Waals surface area contributed by atoms with Crippen molar-refractivity contribution in [2.45, 2.75) is 12.3 Å². The Hall–Kier alpha value is -3.00. The number of benzene rings is 2. The number of nitriles is 1. The standard InChI is InChI=1S/C18H17NO4/c1-22-16-8-7-14(10-17(16)23-2)15(11-19)9-12-3-5-13(6-4-12)18(20)21/h3-8,10,15H,9H2,1-2H3,(H,20,21). The predicted octanol–water partition coefficient (Wildman–Crippen LogP) is 3.25. The molecule has 0 heterocycles. The maximum atomic E-state index is 10.9. The fraction of sp³-hybridized carbons (Fsp3) is 0.222. The first-order valence-electron chi connectivity index (χ1n) is 7.02. The van der Waals surface area contributed by atoms with Gasteiger partial charge in [-0.2, -0.15) is 5.26 Å². The number of carboxylic acid groups (broad SMARTS) is 1. The van der Waals surface area contributed by atoms with Gasteiger partial charge in [0.15, 0.2) is 11.5 Å². The van der Waals surface area contributed by atoms with Crippen molar-refractivity contribution in [2.24, 2.45) is 0 Å². The van der Waals surface area contributed by atoms with E-state index in [0.717, 1.165) is 11.1 Å². The van der Waals surface area contributed by atoms with E-state index in [4.69, 9.17) is 14.6 Å². The van der Waals surface area contributed by atoms with Crippen LogP contribution < -0.4 is 9.47 Å². The van der Waals surface area contributed by atoms with Crippen molar-refractivity contribution in [1.29, 1.82) is 5.26 Å². The van der Waals surface area contributed by atoms with Crippen LogP contribution in [0.15, 0.2) is 42.5 Å². The Kier molecular flexibility index (Phi) is 5.21. The highest BCUT2D eigenvalue weighted by Gasteiger charge is 2.15. The summed E-state index contributed by atoms with van der Waals surface area (Å²) >= 11 is 0. The minimum atomic E-state index is -0.965. The number of hydrogen-bond acceptors (Lipinski definition) is 4. The molecule has 1 unspecified atom stereocenters. The summed E-state index contributed by atoms with van der Waals surface area (Å²) in [7, 11) is 3.11. The Labute approximate surface area is 134 Å². The second-order valence-corrected chi connectivity index (χ2v) is 5.00. The van der Waals surface area contributed by atoms with Crippen LogP contribution in [-0.4, -0.2) is 25.3 Å². The highest BCUT2D eigenvalue weighted by Crippen LogP contribution is 2.31. The van der Waals surface area contributed by atoms with Crippen LogP contribution in [0.5, 0.6) is 11.5 Å². The number of carboxylic acids is 1. The molecule has 0 saturated heterocycles. The predicted molar refractivity (Wildman–Crippen MR) is 85.0 cm³/mol. The summed E-state index contributed by atoms with van der Waals surface area (Å²) in [4.78, 5) is 10.9. The van der Waals surface area contributed by atoms with Crippen LogP contribution in [0.1, 0.15) is 27.4 Å². The van der Waals surface area contributed by atoms with Crippen molar-refractivity contribution < 1.29 is 19.4 Å². The number of nitrogens with zero attached hydrogens (tertiary/aromatic N) is 1. The van der Waals surface area contributed by atoms with Crippen molar-refractivity contribution in [2.75, 3.05) is 14.2 Å². The largest absolute Gasteiger partial charge is 0.493 e. The average molecular weight is 311 g/mol. The number of ether oxygens (including phenoxy) is 2. The lowest BCUT2D eigenvalue weighted by Gasteiger charge is -2.13. The second-order valence-electron chi connectivity index (χ2n) is 5.00. The zero-order chi connectivity index (χ0) is 16.8. The van der Waals surface area contributed by atoms with Crippen molar-refractivity contribution in [3.63, 3.8) is 0 Å². The Morgan fingerprint density at radius 3 is 2.30 bits per heavy atom. The van der Waals surface area contributed by atoms with Crippen LogP contribution in [0.4, 0.5) is 0 Å². The second kappa shape index (κ2) is 7.32. The van der Waals surface area contributed by atoms with Crippen molar-refractivity contribution in [3.8, 4) is 17.6 Å². The molecule has 1 atom stereocenters. The van der Waals surface area contributed by atoms with E-state index in [1.807, 2.05) is 6.07 Å². The number of carbonyl (C=O) groups is 1. The van der Waals surface area contributed by atoms with Gasteiger partial charge in [0.1, 0.15) is 0 Å². The molecule has 2 aromatic rings.